The van der Waals surface area contributed by atoms with Crippen LogP contribution in [0.15, 0.2) is 12.3 Å². The van der Waals surface area contributed by atoms with E-state index in [0.29, 0.717) is 0 Å². The molecule has 0 aromatic rings. The highest BCUT2D eigenvalue weighted by molar-refractivity contribution is 6.35. The zero-order valence-corrected chi connectivity index (χ0v) is 7.10. The van der Waals surface area contributed by atoms with Crippen molar-refractivity contribution >= 4 is 9.52 Å². The second kappa shape index (κ2) is 6.76. The average molecular weight is 130 g/mol. The molecule has 0 fully saturated rings. The summed E-state index contributed by atoms with van der Waals surface area (Å²) in [6.45, 7) is 2.24. The highest BCUT2D eigenvalue weighted by atomic mass is 28.2. The Balaban J connectivity index is 2.80. The third kappa shape index (κ3) is 5.76. The van der Waals surface area contributed by atoms with Gasteiger partial charge in [-0.25, -0.2) is 0 Å². The fourth-order valence-electron chi connectivity index (χ4n) is 0.486. The summed E-state index contributed by atoms with van der Waals surface area (Å²) in [5, 5.41) is 0. The van der Waals surface area contributed by atoms with Crippen molar-refractivity contribution < 1.29 is 4.74 Å². The van der Waals surface area contributed by atoms with E-state index in [2.05, 4.69) is 13.0 Å². The predicted molar refractivity (Wildman–Crippen MR) is 40.0 cm³/mol. The first-order valence-corrected chi connectivity index (χ1v) is 5.09. The zero-order valence-electron chi connectivity index (χ0n) is 5.68. The van der Waals surface area contributed by atoms with E-state index in [1.165, 1.54) is 12.1 Å². The zero-order chi connectivity index (χ0) is 6.24. The molecule has 0 unspecified atom stereocenters. The van der Waals surface area contributed by atoms with Gasteiger partial charge in [0.25, 0.3) is 0 Å². The number of ether oxygens (including phenoxy) is 1. The molecule has 48 valence electrons. The normalized spacial score (nSPS) is 11.8. The molecule has 0 atom stereocenters. The topological polar surface area (TPSA) is 9.23 Å². The summed E-state index contributed by atoms with van der Waals surface area (Å²) in [5.74, 6) is 0. The number of methoxy groups -OCH3 is 1. The lowest BCUT2D eigenvalue weighted by atomic mass is 10.7. The molecule has 0 aromatic carbocycles. The van der Waals surface area contributed by atoms with Crippen molar-refractivity contribution in [1.29, 1.82) is 0 Å². The fourth-order valence-corrected chi connectivity index (χ4v) is 1.27. The molecule has 0 aliphatic heterocycles. The van der Waals surface area contributed by atoms with Gasteiger partial charge in [0.05, 0.1) is 13.4 Å². The molecule has 0 spiro atoms. The van der Waals surface area contributed by atoms with Gasteiger partial charge in [-0.05, 0) is 6.04 Å². The van der Waals surface area contributed by atoms with E-state index in [4.69, 9.17) is 4.74 Å². The average Bonchev–Trinajstić information content (AvgIpc) is 1.81. The number of allylic oxidation sites excluding steroid dienone is 1. The van der Waals surface area contributed by atoms with Crippen LogP contribution in [0.5, 0.6) is 0 Å². The van der Waals surface area contributed by atoms with Gasteiger partial charge in [0.1, 0.15) is 0 Å². The van der Waals surface area contributed by atoms with Crippen LogP contribution in [0, 0.1) is 0 Å². The van der Waals surface area contributed by atoms with E-state index in [0.717, 1.165) is 0 Å². The third-order valence-corrected chi connectivity index (χ3v) is 2.41. The molecule has 0 bridgehead atoms. The van der Waals surface area contributed by atoms with Gasteiger partial charge in [-0.1, -0.05) is 19.0 Å². The van der Waals surface area contributed by atoms with Crippen molar-refractivity contribution in [2.24, 2.45) is 0 Å². The molecule has 0 N–H and O–H groups in total. The smallest absolute Gasteiger partial charge is 0.0781 e. The molecule has 0 aromatic heterocycles. The first-order chi connectivity index (χ1) is 3.91. The minimum atomic E-state index is 0.235. The molecule has 0 radical (unpaired) electrons. The van der Waals surface area contributed by atoms with Gasteiger partial charge >= 0.3 is 0 Å². The molecule has 0 saturated heterocycles. The van der Waals surface area contributed by atoms with Crippen LogP contribution in [0.4, 0.5) is 0 Å². The van der Waals surface area contributed by atoms with Crippen molar-refractivity contribution in [2.45, 2.75) is 19.0 Å². The first-order valence-electron chi connectivity index (χ1n) is 3.09. The summed E-state index contributed by atoms with van der Waals surface area (Å²) in [6, 6.07) is 2.68. The van der Waals surface area contributed by atoms with E-state index in [-0.39, 0.29) is 9.52 Å². The summed E-state index contributed by atoms with van der Waals surface area (Å²) in [4.78, 5) is 0. The first kappa shape index (κ1) is 7.76. The molecule has 0 aliphatic carbocycles. The minimum Gasteiger partial charge on any atom is -0.505 e. The minimum absolute atomic E-state index is 0.235. The van der Waals surface area contributed by atoms with Gasteiger partial charge in [-0.2, -0.15) is 0 Å². The second-order valence-corrected chi connectivity index (χ2v) is 4.03. The van der Waals surface area contributed by atoms with E-state index in [1.54, 1.807) is 13.4 Å². The maximum Gasteiger partial charge on any atom is 0.0781 e. The van der Waals surface area contributed by atoms with Crippen molar-refractivity contribution in [3.05, 3.63) is 12.3 Å². The Kier molecular flexibility index (Phi) is 6.55. The molecular weight excluding hydrogens is 116 g/mol. The Bertz CT molecular complexity index is 61.5. The quantitative estimate of drug-likeness (QED) is 0.315. The van der Waals surface area contributed by atoms with Gasteiger partial charge in [0.2, 0.25) is 0 Å². The Morgan fingerprint density at radius 3 is 2.88 bits per heavy atom. The Labute approximate surface area is 53.6 Å². The summed E-state index contributed by atoms with van der Waals surface area (Å²) >= 11 is 0. The Morgan fingerprint density at radius 1 is 1.62 bits per heavy atom. The maximum atomic E-state index is 4.73. The molecular formula is C6H14OSi. The molecule has 0 saturated carbocycles. The van der Waals surface area contributed by atoms with Crippen LogP contribution >= 0.6 is 0 Å². The summed E-state index contributed by atoms with van der Waals surface area (Å²) in [7, 11) is 1.92. The molecule has 0 amide bonds. The van der Waals surface area contributed by atoms with Crippen LogP contribution in [0.2, 0.25) is 12.1 Å². The molecule has 8 heavy (non-hydrogen) atoms. The molecule has 0 rings (SSSR count). The number of hydrogen-bond acceptors (Lipinski definition) is 1. The van der Waals surface area contributed by atoms with E-state index in [1.807, 2.05) is 0 Å². The number of rotatable bonds is 4. The highest BCUT2D eigenvalue weighted by Gasteiger charge is 1.76. The van der Waals surface area contributed by atoms with Crippen molar-refractivity contribution in [2.75, 3.05) is 7.11 Å². The van der Waals surface area contributed by atoms with Crippen molar-refractivity contribution in [3.63, 3.8) is 0 Å². The van der Waals surface area contributed by atoms with Crippen LogP contribution in [0.3, 0.4) is 0 Å². The maximum absolute atomic E-state index is 4.73. The highest BCUT2D eigenvalue weighted by Crippen LogP contribution is 1.85. The molecule has 2 heteroatoms. The Hall–Kier alpha value is -0.243. The Morgan fingerprint density at radius 2 is 2.38 bits per heavy atom. The van der Waals surface area contributed by atoms with E-state index in [9.17, 15) is 0 Å². The van der Waals surface area contributed by atoms with Crippen LogP contribution in [-0.4, -0.2) is 16.6 Å². The van der Waals surface area contributed by atoms with Crippen molar-refractivity contribution in [1.82, 2.24) is 0 Å². The molecule has 1 nitrogen and oxygen atoms in total. The standard InChI is InChI=1S/C6H14OSi/c1-3-8-6-4-5-7-2/h4-5H,3,6,8H2,1-2H3. The van der Waals surface area contributed by atoms with Gasteiger partial charge < -0.3 is 4.74 Å². The molecule has 0 heterocycles. The van der Waals surface area contributed by atoms with Gasteiger partial charge in [-0.15, -0.1) is 0 Å². The lowest BCUT2D eigenvalue weighted by molar-refractivity contribution is 0.337. The summed E-state index contributed by atoms with van der Waals surface area (Å²) < 4.78 is 4.73. The van der Waals surface area contributed by atoms with E-state index < -0.39 is 0 Å². The largest absolute Gasteiger partial charge is 0.505 e. The predicted octanol–water partition coefficient (Wildman–Crippen LogP) is 1.17. The van der Waals surface area contributed by atoms with Crippen LogP contribution in [-0.2, 0) is 4.74 Å². The van der Waals surface area contributed by atoms with Crippen LogP contribution in [0.25, 0.3) is 0 Å². The third-order valence-electron chi connectivity index (χ3n) is 0.957. The number of hydrogen-bond donors (Lipinski definition) is 0. The van der Waals surface area contributed by atoms with Gasteiger partial charge in [-0.3, -0.25) is 0 Å². The lowest BCUT2D eigenvalue weighted by Crippen LogP contribution is -1.80. The van der Waals surface area contributed by atoms with Crippen LogP contribution in [0.1, 0.15) is 6.92 Å². The van der Waals surface area contributed by atoms with Crippen LogP contribution < -0.4 is 0 Å². The SMILES string of the molecule is CC[SiH2]CC=COC. The van der Waals surface area contributed by atoms with Crippen molar-refractivity contribution in [3.8, 4) is 0 Å². The second-order valence-electron chi connectivity index (χ2n) is 1.75. The lowest BCUT2D eigenvalue weighted by Gasteiger charge is -1.86. The summed E-state index contributed by atoms with van der Waals surface area (Å²) in [5.41, 5.74) is 0. The van der Waals surface area contributed by atoms with E-state index >= 15 is 0 Å². The molecule has 0 aliphatic rings. The van der Waals surface area contributed by atoms with Gasteiger partial charge in [0, 0.05) is 9.52 Å². The summed E-state index contributed by atoms with van der Waals surface area (Å²) in [6.07, 6.45) is 3.87. The monoisotopic (exact) mass is 130 g/mol. The van der Waals surface area contributed by atoms with Gasteiger partial charge in [0.15, 0.2) is 0 Å². The fraction of sp³-hybridized carbons (Fsp3) is 0.667.